The minimum Gasteiger partial charge on any atom is -0.486 e. The third kappa shape index (κ3) is 4.34. The van der Waals surface area contributed by atoms with Crippen LogP contribution in [0.5, 0.6) is 11.5 Å². The first-order valence-electron chi connectivity index (χ1n) is 8.37. The largest absolute Gasteiger partial charge is 0.486 e. The molecule has 8 nitrogen and oxygen atoms in total. The van der Waals surface area contributed by atoms with E-state index in [1.54, 1.807) is 15.7 Å². The van der Waals surface area contributed by atoms with E-state index < -0.39 is 0 Å². The molecule has 0 N–H and O–H groups in total. The molecule has 0 aliphatic carbocycles. The summed E-state index contributed by atoms with van der Waals surface area (Å²) in [5.74, 6) is 1.78. The van der Waals surface area contributed by atoms with Gasteiger partial charge in [-0.05, 0) is 35.0 Å². The number of thioether (sulfide) groups is 1. The van der Waals surface area contributed by atoms with Crippen LogP contribution in [-0.4, -0.2) is 56.5 Å². The lowest BCUT2D eigenvalue weighted by Gasteiger charge is -2.23. The number of tetrazole rings is 1. The van der Waals surface area contributed by atoms with Gasteiger partial charge in [-0.1, -0.05) is 23.9 Å². The zero-order valence-corrected chi connectivity index (χ0v) is 15.4. The fraction of sp³-hybridized carbons (Fsp3) is 0.412. The highest BCUT2D eigenvalue weighted by atomic mass is 32.2. The Kier molecular flexibility index (Phi) is 6.11. The Morgan fingerprint density at radius 1 is 1.38 bits per heavy atom. The number of carbonyl (C=O) groups excluding carboxylic acids is 1. The summed E-state index contributed by atoms with van der Waals surface area (Å²) in [4.78, 5) is 14.4. The van der Waals surface area contributed by atoms with Crippen molar-refractivity contribution in [1.29, 1.82) is 0 Å². The quantitative estimate of drug-likeness (QED) is 0.514. The average molecular weight is 375 g/mol. The summed E-state index contributed by atoms with van der Waals surface area (Å²) in [6.07, 6.45) is 1.71. The van der Waals surface area contributed by atoms with Crippen LogP contribution in [0.2, 0.25) is 0 Å². The minimum absolute atomic E-state index is 0.0283. The Morgan fingerprint density at radius 2 is 2.19 bits per heavy atom. The van der Waals surface area contributed by atoms with Crippen molar-refractivity contribution in [2.75, 3.05) is 25.5 Å². The monoisotopic (exact) mass is 375 g/mol. The van der Waals surface area contributed by atoms with Crippen LogP contribution >= 0.6 is 11.8 Å². The number of ether oxygens (including phenoxy) is 2. The first-order valence-corrected chi connectivity index (χ1v) is 9.36. The van der Waals surface area contributed by atoms with E-state index in [2.05, 4.69) is 22.1 Å². The molecule has 26 heavy (non-hydrogen) atoms. The molecule has 0 spiro atoms. The summed E-state index contributed by atoms with van der Waals surface area (Å²) in [5.41, 5.74) is 1.01. The molecule has 1 aliphatic rings. The third-order valence-corrected chi connectivity index (χ3v) is 4.78. The van der Waals surface area contributed by atoms with Gasteiger partial charge in [0.2, 0.25) is 11.1 Å². The van der Waals surface area contributed by atoms with Crippen LogP contribution in [0, 0.1) is 0 Å². The van der Waals surface area contributed by atoms with Crippen molar-refractivity contribution in [1.82, 2.24) is 25.1 Å². The molecule has 0 atom stereocenters. The molecule has 138 valence electrons. The van der Waals surface area contributed by atoms with E-state index >= 15 is 0 Å². The van der Waals surface area contributed by atoms with Crippen LogP contribution in [0.1, 0.15) is 12.5 Å². The van der Waals surface area contributed by atoms with Crippen LogP contribution in [-0.2, 0) is 17.9 Å². The van der Waals surface area contributed by atoms with Crippen LogP contribution in [0.3, 0.4) is 0 Å². The van der Waals surface area contributed by atoms with Gasteiger partial charge >= 0.3 is 0 Å². The van der Waals surface area contributed by atoms with Gasteiger partial charge in [0.05, 0.1) is 12.3 Å². The molecule has 9 heteroatoms. The second kappa shape index (κ2) is 8.70. The summed E-state index contributed by atoms with van der Waals surface area (Å²) < 4.78 is 12.8. The lowest BCUT2D eigenvalue weighted by Crippen LogP contribution is -2.32. The van der Waals surface area contributed by atoms with Gasteiger partial charge in [-0.2, -0.15) is 0 Å². The van der Waals surface area contributed by atoms with E-state index in [1.807, 2.05) is 25.1 Å². The molecule has 0 radical (unpaired) electrons. The Balaban J connectivity index is 1.60. The average Bonchev–Trinajstić information content (AvgIpc) is 3.11. The Morgan fingerprint density at radius 3 is 2.96 bits per heavy atom. The van der Waals surface area contributed by atoms with Crippen molar-refractivity contribution in [2.24, 2.45) is 0 Å². The van der Waals surface area contributed by atoms with Crippen LogP contribution in [0.15, 0.2) is 36.0 Å². The summed E-state index contributed by atoms with van der Waals surface area (Å²) in [6, 6.07) is 5.78. The highest BCUT2D eigenvalue weighted by Crippen LogP contribution is 2.31. The van der Waals surface area contributed by atoms with Crippen molar-refractivity contribution >= 4 is 17.7 Å². The number of allylic oxidation sites excluding steroid dienone is 1. The molecule has 2 aromatic rings. The number of hydrogen-bond acceptors (Lipinski definition) is 7. The van der Waals surface area contributed by atoms with Crippen LogP contribution in [0.4, 0.5) is 0 Å². The molecule has 1 aromatic carbocycles. The molecule has 0 bridgehead atoms. The molecule has 0 fully saturated rings. The van der Waals surface area contributed by atoms with E-state index in [9.17, 15) is 4.79 Å². The Bertz CT molecular complexity index is 780. The molecule has 0 unspecified atom stereocenters. The second-order valence-electron chi connectivity index (χ2n) is 5.61. The molecule has 3 rings (SSSR count). The Hall–Kier alpha value is -2.55. The van der Waals surface area contributed by atoms with Gasteiger partial charge in [0.15, 0.2) is 11.5 Å². The number of benzene rings is 1. The smallest absolute Gasteiger partial charge is 0.233 e. The fourth-order valence-corrected chi connectivity index (χ4v) is 3.33. The first-order chi connectivity index (χ1) is 12.7. The highest BCUT2D eigenvalue weighted by molar-refractivity contribution is 7.99. The summed E-state index contributed by atoms with van der Waals surface area (Å²) in [7, 11) is 0. The number of nitrogens with zero attached hydrogens (tertiary/aromatic N) is 5. The first kappa shape index (κ1) is 18.2. The predicted octanol–water partition coefficient (Wildman–Crippen LogP) is 1.77. The summed E-state index contributed by atoms with van der Waals surface area (Å²) in [5, 5.41) is 12.1. The van der Waals surface area contributed by atoms with E-state index in [4.69, 9.17) is 9.47 Å². The number of rotatable bonds is 8. The molecule has 1 aromatic heterocycles. The van der Waals surface area contributed by atoms with Gasteiger partial charge in [0.1, 0.15) is 13.2 Å². The van der Waals surface area contributed by atoms with E-state index in [-0.39, 0.29) is 11.7 Å². The van der Waals surface area contributed by atoms with Crippen molar-refractivity contribution in [3.05, 3.63) is 36.4 Å². The van der Waals surface area contributed by atoms with Gasteiger partial charge in [0, 0.05) is 13.1 Å². The van der Waals surface area contributed by atoms with E-state index in [1.165, 1.54) is 11.8 Å². The summed E-state index contributed by atoms with van der Waals surface area (Å²) >= 11 is 1.32. The number of amides is 1. The Labute approximate surface area is 156 Å². The van der Waals surface area contributed by atoms with Crippen molar-refractivity contribution in [3.8, 4) is 11.5 Å². The standard InChI is InChI=1S/C17H21N5O3S/c1-3-7-22-17(18-19-20-22)26-12-16(23)21(4-2)11-13-5-6-14-15(10-13)25-9-8-24-14/h3,5-6,10H,1,4,7-9,11-12H2,2H3. The normalized spacial score (nSPS) is 12.7. The maximum Gasteiger partial charge on any atom is 0.233 e. The zero-order valence-electron chi connectivity index (χ0n) is 14.6. The lowest BCUT2D eigenvalue weighted by molar-refractivity contribution is -0.128. The molecule has 2 heterocycles. The van der Waals surface area contributed by atoms with Gasteiger partial charge < -0.3 is 14.4 Å². The van der Waals surface area contributed by atoms with Gasteiger partial charge in [-0.25, -0.2) is 4.68 Å². The predicted molar refractivity (Wildman–Crippen MR) is 97.3 cm³/mol. The maximum absolute atomic E-state index is 12.6. The molecule has 0 saturated heterocycles. The lowest BCUT2D eigenvalue weighted by atomic mass is 10.2. The molecular weight excluding hydrogens is 354 g/mol. The number of carbonyl (C=O) groups is 1. The van der Waals surface area contributed by atoms with Crippen molar-refractivity contribution < 1.29 is 14.3 Å². The second-order valence-corrected chi connectivity index (χ2v) is 6.55. The van der Waals surface area contributed by atoms with Crippen molar-refractivity contribution in [3.63, 3.8) is 0 Å². The van der Waals surface area contributed by atoms with Crippen LogP contribution < -0.4 is 9.47 Å². The van der Waals surface area contributed by atoms with Crippen molar-refractivity contribution in [2.45, 2.75) is 25.2 Å². The number of hydrogen-bond donors (Lipinski definition) is 0. The minimum atomic E-state index is 0.0283. The SMILES string of the molecule is C=CCn1nnnc1SCC(=O)N(CC)Cc1ccc2c(c1)OCCO2. The number of aromatic nitrogens is 4. The highest BCUT2D eigenvalue weighted by Gasteiger charge is 2.17. The van der Waals surface area contributed by atoms with Gasteiger partial charge in [-0.15, -0.1) is 11.7 Å². The molecule has 1 aliphatic heterocycles. The van der Waals surface area contributed by atoms with Gasteiger partial charge in [0.25, 0.3) is 0 Å². The summed E-state index contributed by atoms with van der Waals surface area (Å²) in [6.45, 7) is 8.39. The topological polar surface area (TPSA) is 82.4 Å². The number of fused-ring (bicyclic) bond motifs is 1. The fourth-order valence-electron chi connectivity index (χ4n) is 2.54. The maximum atomic E-state index is 12.6. The molecule has 0 saturated carbocycles. The molecule has 1 amide bonds. The van der Waals surface area contributed by atoms with Crippen LogP contribution in [0.25, 0.3) is 0 Å². The van der Waals surface area contributed by atoms with E-state index in [0.717, 1.165) is 17.1 Å². The van der Waals surface area contributed by atoms with E-state index in [0.29, 0.717) is 38.0 Å². The van der Waals surface area contributed by atoms with Gasteiger partial charge in [-0.3, -0.25) is 4.79 Å². The molecular formula is C17H21N5O3S. The third-order valence-electron chi connectivity index (χ3n) is 3.84. The zero-order chi connectivity index (χ0) is 18.4.